The summed E-state index contributed by atoms with van der Waals surface area (Å²) >= 11 is 6.32. The third-order valence-corrected chi connectivity index (χ3v) is 3.39. The van der Waals surface area contributed by atoms with E-state index in [-0.39, 0.29) is 6.04 Å². The van der Waals surface area contributed by atoms with E-state index in [2.05, 4.69) is 5.32 Å². The molecule has 1 rings (SSSR count). The smallest absolute Gasteiger partial charge is 0.408 e. The molecule has 21 heavy (non-hydrogen) atoms. The van der Waals surface area contributed by atoms with E-state index in [1.165, 1.54) is 0 Å². The fraction of sp³-hybridized carbons (Fsp3) is 0.588. The van der Waals surface area contributed by atoms with Gasteiger partial charge in [0, 0.05) is 5.02 Å². The highest BCUT2D eigenvalue weighted by Crippen LogP contribution is 2.28. The molecule has 1 N–H and O–H groups in total. The number of amides is 1. The third kappa shape index (κ3) is 6.38. The van der Waals surface area contributed by atoms with Crippen LogP contribution in [0.2, 0.25) is 5.02 Å². The number of benzene rings is 1. The summed E-state index contributed by atoms with van der Waals surface area (Å²) in [6, 6.07) is 3.75. The molecule has 1 aromatic rings. The minimum Gasteiger partial charge on any atom is -0.444 e. The lowest BCUT2D eigenvalue weighted by atomic mass is 10.0. The molecule has 0 aromatic heterocycles. The fourth-order valence-corrected chi connectivity index (χ4v) is 2.07. The van der Waals surface area contributed by atoms with Crippen molar-refractivity contribution >= 4 is 17.7 Å². The number of halogens is 1. The fourth-order valence-electron chi connectivity index (χ4n) is 1.70. The Kier molecular flexibility index (Phi) is 7.80. The van der Waals surface area contributed by atoms with Gasteiger partial charge in [-0.3, -0.25) is 0 Å². The molecule has 1 atom stereocenters. The first-order chi connectivity index (χ1) is 9.61. The number of nitrogens with one attached hydrogen (secondary N) is 1. The van der Waals surface area contributed by atoms with E-state index in [4.69, 9.17) is 16.3 Å². The third-order valence-electron chi connectivity index (χ3n) is 2.89. The summed E-state index contributed by atoms with van der Waals surface area (Å²) in [6.45, 7) is 15.4. The second-order valence-electron chi connectivity index (χ2n) is 5.78. The molecule has 3 nitrogen and oxygen atoms in total. The Balaban J connectivity index is 0.00000191. The van der Waals surface area contributed by atoms with Gasteiger partial charge in [-0.1, -0.05) is 37.6 Å². The predicted octanol–water partition coefficient (Wildman–Crippen LogP) is 5.57. The number of carbonyl (C=O) groups is 1. The number of alkyl carbamates (subject to hydrolysis) is 1. The number of rotatable bonds is 2. The second kappa shape index (κ2) is 8.28. The van der Waals surface area contributed by atoms with Crippen LogP contribution in [-0.4, -0.2) is 11.7 Å². The van der Waals surface area contributed by atoms with Crippen molar-refractivity contribution in [2.45, 2.75) is 67.0 Å². The van der Waals surface area contributed by atoms with E-state index < -0.39 is 11.7 Å². The lowest BCUT2D eigenvalue weighted by molar-refractivity contribution is 0.0508. The van der Waals surface area contributed by atoms with Crippen LogP contribution in [-0.2, 0) is 4.74 Å². The maximum absolute atomic E-state index is 11.7. The van der Waals surface area contributed by atoms with Crippen LogP contribution >= 0.6 is 11.6 Å². The van der Waals surface area contributed by atoms with Crippen LogP contribution in [0.15, 0.2) is 12.1 Å². The largest absolute Gasteiger partial charge is 0.444 e. The molecule has 120 valence electrons. The van der Waals surface area contributed by atoms with Crippen molar-refractivity contribution in [3.05, 3.63) is 33.8 Å². The van der Waals surface area contributed by atoms with E-state index in [1.54, 1.807) is 0 Å². The SMILES string of the molecule is CC.Cc1ccc(C(C)NC(=O)OC(C)(C)C)c(Cl)c1C. The van der Waals surface area contributed by atoms with Crippen molar-refractivity contribution in [2.75, 3.05) is 0 Å². The number of ether oxygens (including phenoxy) is 1. The molecule has 1 aromatic carbocycles. The van der Waals surface area contributed by atoms with Gasteiger partial charge in [-0.15, -0.1) is 0 Å². The van der Waals surface area contributed by atoms with Crippen molar-refractivity contribution in [3.8, 4) is 0 Å². The zero-order valence-corrected chi connectivity index (χ0v) is 15.2. The molecular weight excluding hydrogens is 286 g/mol. The summed E-state index contributed by atoms with van der Waals surface area (Å²) in [5, 5.41) is 3.49. The second-order valence-corrected chi connectivity index (χ2v) is 6.16. The average molecular weight is 314 g/mol. The van der Waals surface area contributed by atoms with Gasteiger partial charge in [0.1, 0.15) is 5.60 Å². The number of carbonyl (C=O) groups excluding carboxylic acids is 1. The maximum atomic E-state index is 11.7. The molecule has 0 radical (unpaired) electrons. The Bertz CT molecular complexity index is 478. The maximum Gasteiger partial charge on any atom is 0.408 e. The summed E-state index contributed by atoms with van der Waals surface area (Å²) in [6.07, 6.45) is -0.436. The van der Waals surface area contributed by atoms with Gasteiger partial charge in [0.05, 0.1) is 6.04 Å². The van der Waals surface area contributed by atoms with Crippen LogP contribution in [0.1, 0.15) is 64.3 Å². The number of hydrogen-bond donors (Lipinski definition) is 1. The standard InChI is InChI=1S/C15H22ClNO2.C2H6/c1-9-7-8-12(13(16)10(9)2)11(3)17-14(18)19-15(4,5)6;1-2/h7-8,11H,1-6H3,(H,17,18);1-2H3. The molecule has 0 bridgehead atoms. The van der Waals surface area contributed by atoms with Gasteiger partial charge in [0.2, 0.25) is 0 Å². The van der Waals surface area contributed by atoms with Crippen LogP contribution in [0.3, 0.4) is 0 Å². The van der Waals surface area contributed by atoms with Gasteiger partial charge in [-0.05, 0) is 58.2 Å². The highest BCUT2D eigenvalue weighted by atomic mass is 35.5. The summed E-state index contributed by atoms with van der Waals surface area (Å²) in [5.41, 5.74) is 2.57. The van der Waals surface area contributed by atoms with Crippen molar-refractivity contribution in [1.29, 1.82) is 0 Å². The Morgan fingerprint density at radius 2 is 1.76 bits per heavy atom. The van der Waals surface area contributed by atoms with E-state index in [9.17, 15) is 4.79 Å². The van der Waals surface area contributed by atoms with Crippen molar-refractivity contribution in [2.24, 2.45) is 0 Å². The molecule has 4 heteroatoms. The monoisotopic (exact) mass is 313 g/mol. The molecule has 0 spiro atoms. The van der Waals surface area contributed by atoms with E-state index >= 15 is 0 Å². The van der Waals surface area contributed by atoms with Crippen molar-refractivity contribution in [3.63, 3.8) is 0 Å². The highest BCUT2D eigenvalue weighted by molar-refractivity contribution is 6.32. The molecule has 0 aliphatic rings. The summed E-state index contributed by atoms with van der Waals surface area (Å²) in [4.78, 5) is 11.7. The van der Waals surface area contributed by atoms with Crippen LogP contribution in [0.5, 0.6) is 0 Å². The zero-order valence-electron chi connectivity index (χ0n) is 14.4. The molecule has 0 heterocycles. The van der Waals surface area contributed by atoms with Gasteiger partial charge < -0.3 is 10.1 Å². The molecule has 0 saturated carbocycles. The first kappa shape index (κ1) is 19.8. The first-order valence-corrected chi connectivity index (χ1v) is 7.74. The van der Waals surface area contributed by atoms with Crippen molar-refractivity contribution in [1.82, 2.24) is 5.32 Å². The van der Waals surface area contributed by atoms with Gasteiger partial charge in [0.15, 0.2) is 0 Å². The Hall–Kier alpha value is -1.22. The summed E-state index contributed by atoms with van der Waals surface area (Å²) in [7, 11) is 0. The highest BCUT2D eigenvalue weighted by Gasteiger charge is 2.19. The van der Waals surface area contributed by atoms with Crippen LogP contribution < -0.4 is 5.32 Å². The molecule has 1 amide bonds. The lowest BCUT2D eigenvalue weighted by Crippen LogP contribution is -2.34. The Morgan fingerprint density at radius 3 is 2.24 bits per heavy atom. The lowest BCUT2D eigenvalue weighted by Gasteiger charge is -2.23. The van der Waals surface area contributed by atoms with E-state index in [1.807, 2.05) is 67.5 Å². The Morgan fingerprint density at radius 1 is 1.24 bits per heavy atom. The first-order valence-electron chi connectivity index (χ1n) is 7.37. The molecule has 0 aliphatic carbocycles. The van der Waals surface area contributed by atoms with Crippen molar-refractivity contribution < 1.29 is 9.53 Å². The minimum absolute atomic E-state index is 0.193. The van der Waals surface area contributed by atoms with Crippen LogP contribution in [0.25, 0.3) is 0 Å². The predicted molar refractivity (Wildman–Crippen MR) is 90.1 cm³/mol. The van der Waals surface area contributed by atoms with Gasteiger partial charge in [0.25, 0.3) is 0 Å². The van der Waals surface area contributed by atoms with Gasteiger partial charge >= 0.3 is 6.09 Å². The molecule has 0 aliphatic heterocycles. The quantitative estimate of drug-likeness (QED) is 0.775. The molecule has 0 fully saturated rings. The molecular formula is C17H28ClNO2. The Labute approximate surface area is 134 Å². The summed E-state index contributed by atoms with van der Waals surface area (Å²) < 4.78 is 5.23. The van der Waals surface area contributed by atoms with Crippen LogP contribution in [0.4, 0.5) is 4.79 Å². The van der Waals surface area contributed by atoms with Gasteiger partial charge in [-0.25, -0.2) is 4.79 Å². The normalized spacial score (nSPS) is 12.0. The number of hydrogen-bond acceptors (Lipinski definition) is 2. The van der Waals surface area contributed by atoms with Gasteiger partial charge in [-0.2, -0.15) is 0 Å². The zero-order chi connectivity index (χ0) is 16.8. The summed E-state index contributed by atoms with van der Waals surface area (Å²) in [5.74, 6) is 0. The van der Waals surface area contributed by atoms with E-state index in [0.29, 0.717) is 5.02 Å². The minimum atomic E-state index is -0.503. The number of aryl methyl sites for hydroxylation is 1. The molecule has 1 unspecified atom stereocenters. The topological polar surface area (TPSA) is 38.3 Å². The van der Waals surface area contributed by atoms with E-state index in [0.717, 1.165) is 16.7 Å². The van der Waals surface area contributed by atoms with Crippen LogP contribution in [0, 0.1) is 13.8 Å². The average Bonchev–Trinajstić information content (AvgIpc) is 2.36. The molecule has 0 saturated heterocycles.